The van der Waals surface area contributed by atoms with E-state index in [1.807, 2.05) is 0 Å². The van der Waals surface area contributed by atoms with Gasteiger partial charge in [0.05, 0.1) is 6.10 Å². The quantitative estimate of drug-likeness (QED) is 0.429. The van der Waals surface area contributed by atoms with E-state index >= 15 is 0 Å². The van der Waals surface area contributed by atoms with Gasteiger partial charge in [-0.25, -0.2) is 17.6 Å². The topological polar surface area (TPSA) is 9.23 Å². The molecular weight excluding hydrogens is 394 g/mol. The number of alkyl halides is 6. The fraction of sp³-hybridized carbons (Fsp3) is 1.00. The summed E-state index contributed by atoms with van der Waals surface area (Å²) in [5, 5.41) is 0. The van der Waals surface area contributed by atoms with Crippen LogP contribution in [0.5, 0.6) is 0 Å². The molecule has 4 atom stereocenters. The minimum atomic E-state index is -4.08. The highest BCUT2D eigenvalue weighted by Crippen LogP contribution is 2.49. The van der Waals surface area contributed by atoms with Crippen LogP contribution in [-0.4, -0.2) is 36.9 Å². The van der Waals surface area contributed by atoms with Gasteiger partial charge >= 0.3 is 6.11 Å². The molecule has 0 aromatic carbocycles. The molecule has 0 heterocycles. The van der Waals surface area contributed by atoms with Crippen molar-refractivity contribution < 1.29 is 31.1 Å². The lowest BCUT2D eigenvalue weighted by atomic mass is 9.67. The van der Waals surface area contributed by atoms with E-state index in [1.54, 1.807) is 0 Å². The van der Waals surface area contributed by atoms with Gasteiger partial charge in [-0.2, -0.15) is 8.78 Å². The summed E-state index contributed by atoms with van der Waals surface area (Å²) in [6.45, 7) is 3.52. The zero-order valence-corrected chi connectivity index (χ0v) is 17.3. The maximum Gasteiger partial charge on any atom is 0.364 e. The normalized spacial score (nSPS) is 47.2. The largest absolute Gasteiger partial charge is 0.364 e. The lowest BCUT2D eigenvalue weighted by Gasteiger charge is -2.43. The Kier molecular flexibility index (Phi) is 7.49. The Hall–Kier alpha value is -0.460. The molecule has 0 aromatic heterocycles. The SMILES string of the molecule is CCC1CCC(C2CC(F)C(C(F)(F)OC3CC(F)C(C)C(F)C3)C(F)C2)CC1. The third kappa shape index (κ3) is 5.24. The summed E-state index contributed by atoms with van der Waals surface area (Å²) < 4.78 is 91.2. The molecule has 0 saturated heterocycles. The average Bonchev–Trinajstić information content (AvgIpc) is 2.65. The first-order valence-electron chi connectivity index (χ1n) is 11.2. The lowest BCUT2D eigenvalue weighted by molar-refractivity contribution is -0.323. The third-order valence-electron chi connectivity index (χ3n) is 7.80. The van der Waals surface area contributed by atoms with Crippen LogP contribution in [0.1, 0.15) is 71.6 Å². The molecule has 29 heavy (non-hydrogen) atoms. The van der Waals surface area contributed by atoms with Gasteiger partial charge in [-0.05, 0) is 43.4 Å². The highest BCUT2D eigenvalue weighted by Gasteiger charge is 2.56. The van der Waals surface area contributed by atoms with E-state index in [0.29, 0.717) is 5.92 Å². The van der Waals surface area contributed by atoms with E-state index in [9.17, 15) is 26.3 Å². The molecule has 0 aromatic rings. The van der Waals surface area contributed by atoms with Crippen LogP contribution in [0, 0.1) is 29.6 Å². The van der Waals surface area contributed by atoms with Gasteiger partial charge in [0.1, 0.15) is 30.6 Å². The zero-order valence-electron chi connectivity index (χ0n) is 17.3. The van der Waals surface area contributed by atoms with Gasteiger partial charge in [0.15, 0.2) is 0 Å². The number of rotatable bonds is 5. The van der Waals surface area contributed by atoms with Crippen molar-refractivity contribution in [2.75, 3.05) is 0 Å². The van der Waals surface area contributed by atoms with Crippen LogP contribution in [0.4, 0.5) is 26.3 Å². The minimum absolute atomic E-state index is 0.0926. The smallest absolute Gasteiger partial charge is 0.317 e. The maximum absolute atomic E-state index is 14.8. The van der Waals surface area contributed by atoms with Crippen LogP contribution < -0.4 is 0 Å². The second kappa shape index (κ2) is 9.35. The Bertz CT molecular complexity index is 499. The van der Waals surface area contributed by atoms with Crippen molar-refractivity contribution in [3.05, 3.63) is 0 Å². The first kappa shape index (κ1) is 23.2. The van der Waals surface area contributed by atoms with Gasteiger partial charge in [-0.3, -0.25) is 0 Å². The van der Waals surface area contributed by atoms with Crippen molar-refractivity contribution in [2.45, 2.75) is 109 Å². The maximum atomic E-state index is 14.8. The van der Waals surface area contributed by atoms with Gasteiger partial charge in [0.25, 0.3) is 0 Å². The number of ether oxygens (including phenoxy) is 1. The van der Waals surface area contributed by atoms with Gasteiger partial charge in [-0.15, -0.1) is 0 Å². The van der Waals surface area contributed by atoms with Gasteiger partial charge in [0.2, 0.25) is 0 Å². The molecule has 3 fully saturated rings. The fourth-order valence-corrected chi connectivity index (χ4v) is 5.72. The summed E-state index contributed by atoms with van der Waals surface area (Å²) in [7, 11) is 0. The molecule has 3 saturated carbocycles. The average molecular weight is 429 g/mol. The van der Waals surface area contributed by atoms with Crippen molar-refractivity contribution in [2.24, 2.45) is 29.6 Å². The van der Waals surface area contributed by atoms with Gasteiger partial charge in [0, 0.05) is 18.8 Å². The first-order chi connectivity index (χ1) is 13.6. The standard InChI is InChI=1S/C22H34F6O/c1-3-13-4-6-14(7-5-13)15-8-19(25)21(20(26)9-15)22(27,28)29-16-10-17(23)12(2)18(24)11-16/h12-21H,3-11H2,1-2H3. The van der Waals surface area contributed by atoms with E-state index in [4.69, 9.17) is 0 Å². The van der Waals surface area contributed by atoms with Crippen molar-refractivity contribution in [1.82, 2.24) is 0 Å². The molecule has 3 rings (SSSR count). The van der Waals surface area contributed by atoms with E-state index in [0.717, 1.165) is 32.1 Å². The van der Waals surface area contributed by atoms with Crippen LogP contribution in [-0.2, 0) is 4.74 Å². The highest BCUT2D eigenvalue weighted by atomic mass is 19.3. The minimum Gasteiger partial charge on any atom is -0.317 e. The molecule has 7 heteroatoms. The van der Waals surface area contributed by atoms with E-state index in [-0.39, 0.29) is 37.5 Å². The lowest BCUT2D eigenvalue weighted by Crippen LogP contribution is -2.51. The van der Waals surface area contributed by atoms with E-state index < -0.39 is 48.7 Å². The predicted molar refractivity (Wildman–Crippen MR) is 99.8 cm³/mol. The van der Waals surface area contributed by atoms with Crippen LogP contribution in [0.3, 0.4) is 0 Å². The summed E-state index contributed by atoms with van der Waals surface area (Å²) in [6.07, 6.45) is -8.66. The fourth-order valence-electron chi connectivity index (χ4n) is 5.72. The molecule has 0 spiro atoms. The summed E-state index contributed by atoms with van der Waals surface area (Å²) in [4.78, 5) is 0. The summed E-state index contributed by atoms with van der Waals surface area (Å²) in [5.74, 6) is -2.49. The van der Waals surface area contributed by atoms with Crippen LogP contribution in [0.15, 0.2) is 0 Å². The molecule has 4 unspecified atom stereocenters. The Labute approximate surface area is 169 Å². The summed E-state index contributed by atoms with van der Waals surface area (Å²) >= 11 is 0. The van der Waals surface area contributed by atoms with E-state index in [2.05, 4.69) is 11.7 Å². The highest BCUT2D eigenvalue weighted by molar-refractivity contribution is 4.95. The zero-order chi connectivity index (χ0) is 21.3. The van der Waals surface area contributed by atoms with Crippen LogP contribution >= 0.6 is 0 Å². The molecule has 0 aliphatic heterocycles. The van der Waals surface area contributed by atoms with Crippen molar-refractivity contribution in [1.29, 1.82) is 0 Å². The van der Waals surface area contributed by atoms with Crippen molar-refractivity contribution in [3.8, 4) is 0 Å². The molecule has 1 nitrogen and oxygen atoms in total. The Morgan fingerprint density at radius 3 is 1.76 bits per heavy atom. The van der Waals surface area contributed by atoms with Crippen LogP contribution in [0.25, 0.3) is 0 Å². The Morgan fingerprint density at radius 2 is 1.28 bits per heavy atom. The Balaban J connectivity index is 1.59. The van der Waals surface area contributed by atoms with E-state index in [1.165, 1.54) is 6.92 Å². The first-order valence-corrected chi connectivity index (χ1v) is 11.2. The number of hydrogen-bond donors (Lipinski definition) is 0. The molecule has 0 bridgehead atoms. The monoisotopic (exact) mass is 428 g/mol. The van der Waals surface area contributed by atoms with Gasteiger partial charge < -0.3 is 4.74 Å². The molecule has 0 amide bonds. The second-order valence-corrected chi connectivity index (χ2v) is 9.64. The van der Waals surface area contributed by atoms with Gasteiger partial charge in [-0.1, -0.05) is 33.1 Å². The second-order valence-electron chi connectivity index (χ2n) is 9.64. The summed E-state index contributed by atoms with van der Waals surface area (Å²) in [6, 6.07) is 0. The molecule has 0 radical (unpaired) electrons. The van der Waals surface area contributed by atoms with Crippen molar-refractivity contribution in [3.63, 3.8) is 0 Å². The molecule has 3 aliphatic carbocycles. The molecule has 0 N–H and O–H groups in total. The molecule has 170 valence electrons. The molecular formula is C22H34F6O. The third-order valence-corrected chi connectivity index (χ3v) is 7.80. The summed E-state index contributed by atoms with van der Waals surface area (Å²) in [5.41, 5.74) is 0. The van der Waals surface area contributed by atoms with Crippen LogP contribution in [0.2, 0.25) is 0 Å². The Morgan fingerprint density at radius 1 is 0.759 bits per heavy atom. The predicted octanol–water partition coefficient (Wildman–Crippen LogP) is 6.99. The number of hydrogen-bond acceptors (Lipinski definition) is 1. The number of halogens is 6. The molecule has 3 aliphatic rings. The van der Waals surface area contributed by atoms with Crippen molar-refractivity contribution >= 4 is 0 Å².